The number of esters is 1. The van der Waals surface area contributed by atoms with Crippen LogP contribution in [0.25, 0.3) is 0 Å². The van der Waals surface area contributed by atoms with E-state index >= 15 is 0 Å². The SMILES string of the molecule is N#Cc1cccc([C@H]2OCC[C@@H]2OC(=O)C2(C(=O)O)CC2)c1. The summed E-state index contributed by atoms with van der Waals surface area (Å²) in [5.41, 5.74) is -0.0986. The monoisotopic (exact) mass is 301 g/mol. The second kappa shape index (κ2) is 5.43. The molecule has 1 aliphatic carbocycles. The van der Waals surface area contributed by atoms with Gasteiger partial charge in [0, 0.05) is 6.42 Å². The van der Waals surface area contributed by atoms with Gasteiger partial charge in [0.1, 0.15) is 12.2 Å². The van der Waals surface area contributed by atoms with Gasteiger partial charge in [-0.3, -0.25) is 9.59 Å². The molecule has 2 aliphatic rings. The lowest BCUT2D eigenvalue weighted by Crippen LogP contribution is -2.32. The average Bonchev–Trinajstić information content (AvgIpc) is 3.22. The molecule has 2 atom stereocenters. The summed E-state index contributed by atoms with van der Waals surface area (Å²) in [7, 11) is 0. The van der Waals surface area contributed by atoms with Gasteiger partial charge in [0.15, 0.2) is 5.41 Å². The largest absolute Gasteiger partial charge is 0.480 e. The number of carboxylic acid groups (broad SMARTS) is 1. The standard InChI is InChI=1S/C16H15NO5/c17-9-10-2-1-3-11(8-10)13-12(4-7-21-13)22-15(20)16(5-6-16)14(18)19/h1-3,8,12-13H,4-7H2,(H,18,19)/t12-,13+/m0/s1. The summed E-state index contributed by atoms with van der Waals surface area (Å²) in [6.45, 7) is 0.430. The fourth-order valence-corrected chi connectivity index (χ4v) is 2.67. The summed E-state index contributed by atoms with van der Waals surface area (Å²) in [4.78, 5) is 23.3. The molecule has 0 radical (unpaired) electrons. The van der Waals surface area contributed by atoms with Crippen molar-refractivity contribution in [3.05, 3.63) is 35.4 Å². The van der Waals surface area contributed by atoms with E-state index in [0.717, 1.165) is 5.56 Å². The van der Waals surface area contributed by atoms with Crippen molar-refractivity contribution in [2.75, 3.05) is 6.61 Å². The summed E-state index contributed by atoms with van der Waals surface area (Å²) in [5.74, 6) is -1.81. The number of carbonyl (C=O) groups excluding carboxylic acids is 1. The molecule has 3 rings (SSSR count). The number of aliphatic carboxylic acids is 1. The van der Waals surface area contributed by atoms with E-state index in [2.05, 4.69) is 6.07 Å². The van der Waals surface area contributed by atoms with Crippen LogP contribution in [0.5, 0.6) is 0 Å². The van der Waals surface area contributed by atoms with Crippen LogP contribution < -0.4 is 0 Å². The maximum atomic E-state index is 12.1. The molecule has 1 saturated heterocycles. The van der Waals surface area contributed by atoms with Crippen molar-refractivity contribution in [2.45, 2.75) is 31.5 Å². The predicted octanol–water partition coefficient (Wildman–Crippen LogP) is 1.80. The lowest BCUT2D eigenvalue weighted by Gasteiger charge is -2.21. The number of nitriles is 1. The minimum Gasteiger partial charge on any atom is -0.480 e. The van der Waals surface area contributed by atoms with Crippen LogP contribution in [0, 0.1) is 16.7 Å². The Kier molecular flexibility index (Phi) is 3.59. The van der Waals surface area contributed by atoms with Crippen LogP contribution in [0.3, 0.4) is 0 Å². The first-order chi connectivity index (χ1) is 10.6. The molecular formula is C16H15NO5. The van der Waals surface area contributed by atoms with Crippen LogP contribution in [-0.4, -0.2) is 29.8 Å². The third kappa shape index (κ3) is 2.44. The maximum absolute atomic E-state index is 12.1. The highest BCUT2D eigenvalue weighted by atomic mass is 16.6. The number of rotatable bonds is 4. The van der Waals surface area contributed by atoms with E-state index in [0.29, 0.717) is 31.4 Å². The molecule has 1 N–H and O–H groups in total. The Labute approximate surface area is 127 Å². The summed E-state index contributed by atoms with van der Waals surface area (Å²) in [6, 6.07) is 8.98. The van der Waals surface area contributed by atoms with Gasteiger partial charge in [0.2, 0.25) is 0 Å². The summed E-state index contributed by atoms with van der Waals surface area (Å²) in [5, 5.41) is 18.1. The van der Waals surface area contributed by atoms with Gasteiger partial charge in [-0.2, -0.15) is 5.26 Å². The Morgan fingerprint density at radius 2 is 2.18 bits per heavy atom. The molecule has 1 saturated carbocycles. The molecule has 1 heterocycles. The minimum absolute atomic E-state index is 0.323. The molecule has 0 spiro atoms. The van der Waals surface area contributed by atoms with Crippen molar-refractivity contribution in [3.63, 3.8) is 0 Å². The molecule has 114 valence electrons. The highest BCUT2D eigenvalue weighted by molar-refractivity contribution is 6.02. The van der Waals surface area contributed by atoms with E-state index in [1.807, 2.05) is 6.07 Å². The van der Waals surface area contributed by atoms with Crippen LogP contribution >= 0.6 is 0 Å². The minimum atomic E-state index is -1.36. The summed E-state index contributed by atoms with van der Waals surface area (Å²) < 4.78 is 11.0. The molecule has 6 heteroatoms. The third-order valence-electron chi connectivity index (χ3n) is 4.19. The molecule has 0 unspecified atom stereocenters. The molecule has 0 aromatic heterocycles. The molecule has 0 bridgehead atoms. The average molecular weight is 301 g/mol. The van der Waals surface area contributed by atoms with E-state index in [1.54, 1.807) is 18.2 Å². The van der Waals surface area contributed by atoms with Gasteiger partial charge in [0.05, 0.1) is 18.2 Å². The smallest absolute Gasteiger partial charge is 0.323 e. The second-order valence-corrected chi connectivity index (χ2v) is 5.65. The van der Waals surface area contributed by atoms with Crippen LogP contribution in [0.4, 0.5) is 0 Å². The van der Waals surface area contributed by atoms with E-state index in [4.69, 9.17) is 19.8 Å². The Morgan fingerprint density at radius 1 is 1.41 bits per heavy atom. The molecule has 1 aliphatic heterocycles. The highest BCUT2D eigenvalue weighted by Crippen LogP contribution is 2.48. The zero-order valence-corrected chi connectivity index (χ0v) is 11.8. The van der Waals surface area contributed by atoms with E-state index in [-0.39, 0.29) is 0 Å². The number of carbonyl (C=O) groups is 2. The quantitative estimate of drug-likeness (QED) is 0.672. The zero-order valence-electron chi connectivity index (χ0n) is 11.8. The van der Waals surface area contributed by atoms with Gasteiger partial charge in [0.25, 0.3) is 0 Å². The first-order valence-electron chi connectivity index (χ1n) is 7.13. The number of hydrogen-bond acceptors (Lipinski definition) is 5. The normalized spacial score (nSPS) is 25.2. The molecule has 0 amide bonds. The van der Waals surface area contributed by atoms with Gasteiger partial charge in [-0.15, -0.1) is 0 Å². The van der Waals surface area contributed by atoms with Crippen LogP contribution in [0.2, 0.25) is 0 Å². The third-order valence-corrected chi connectivity index (χ3v) is 4.19. The second-order valence-electron chi connectivity index (χ2n) is 5.65. The van der Waals surface area contributed by atoms with Crippen molar-refractivity contribution in [1.82, 2.24) is 0 Å². The number of benzene rings is 1. The lowest BCUT2D eigenvalue weighted by molar-refractivity contribution is -0.166. The number of hydrogen-bond donors (Lipinski definition) is 1. The first-order valence-corrected chi connectivity index (χ1v) is 7.13. The molecule has 2 fully saturated rings. The molecule has 1 aromatic rings. The number of ether oxygens (including phenoxy) is 2. The van der Waals surface area contributed by atoms with Crippen molar-refractivity contribution in [2.24, 2.45) is 5.41 Å². The molecule has 1 aromatic carbocycles. The van der Waals surface area contributed by atoms with Crippen molar-refractivity contribution >= 4 is 11.9 Å². The topological polar surface area (TPSA) is 96.6 Å². The van der Waals surface area contributed by atoms with Gasteiger partial charge in [-0.05, 0) is 30.5 Å². The molecule has 22 heavy (non-hydrogen) atoms. The summed E-state index contributed by atoms with van der Waals surface area (Å²) >= 11 is 0. The molecular weight excluding hydrogens is 286 g/mol. The van der Waals surface area contributed by atoms with E-state index < -0.39 is 29.6 Å². The fourth-order valence-electron chi connectivity index (χ4n) is 2.67. The first kappa shape index (κ1) is 14.5. The fraction of sp³-hybridized carbons (Fsp3) is 0.438. The summed E-state index contributed by atoms with van der Waals surface area (Å²) in [6.07, 6.45) is 0.190. The van der Waals surface area contributed by atoms with Gasteiger partial charge >= 0.3 is 11.9 Å². The van der Waals surface area contributed by atoms with Crippen molar-refractivity contribution in [3.8, 4) is 6.07 Å². The van der Waals surface area contributed by atoms with Crippen LogP contribution in [0.1, 0.15) is 36.5 Å². The predicted molar refractivity (Wildman–Crippen MR) is 73.6 cm³/mol. The van der Waals surface area contributed by atoms with Crippen LogP contribution in [0.15, 0.2) is 24.3 Å². The van der Waals surface area contributed by atoms with Gasteiger partial charge in [-0.1, -0.05) is 12.1 Å². The highest BCUT2D eigenvalue weighted by Gasteiger charge is 2.59. The zero-order chi connectivity index (χ0) is 15.7. The molecule has 6 nitrogen and oxygen atoms in total. The number of carboxylic acids is 1. The Bertz CT molecular complexity index is 659. The number of nitrogens with zero attached hydrogens (tertiary/aromatic N) is 1. The van der Waals surface area contributed by atoms with E-state index in [9.17, 15) is 9.59 Å². The van der Waals surface area contributed by atoms with Crippen LogP contribution in [-0.2, 0) is 19.1 Å². The van der Waals surface area contributed by atoms with Gasteiger partial charge in [-0.25, -0.2) is 0 Å². The van der Waals surface area contributed by atoms with Crippen molar-refractivity contribution in [1.29, 1.82) is 5.26 Å². The van der Waals surface area contributed by atoms with E-state index in [1.165, 1.54) is 0 Å². The van der Waals surface area contributed by atoms with Crippen molar-refractivity contribution < 1.29 is 24.2 Å². The lowest BCUT2D eigenvalue weighted by atomic mass is 10.0. The Balaban J connectivity index is 1.75. The Hall–Kier alpha value is -2.39. The maximum Gasteiger partial charge on any atom is 0.323 e. The Morgan fingerprint density at radius 3 is 2.82 bits per heavy atom. The van der Waals surface area contributed by atoms with Gasteiger partial charge < -0.3 is 14.6 Å².